The number of benzene rings is 2. The van der Waals surface area contributed by atoms with Crippen LogP contribution in [0.1, 0.15) is 47.6 Å². The molecule has 1 aliphatic rings. The Bertz CT molecular complexity index is 710. The molecule has 2 aromatic rings. The maximum absolute atomic E-state index is 12.4. The lowest BCUT2D eigenvalue weighted by Crippen LogP contribution is -2.34. The number of aliphatic hydroxyl groups excluding tert-OH is 1. The van der Waals surface area contributed by atoms with E-state index in [1.165, 1.54) is 11.1 Å². The van der Waals surface area contributed by atoms with E-state index in [4.69, 9.17) is 0 Å². The second kappa shape index (κ2) is 6.55. The van der Waals surface area contributed by atoms with Crippen LogP contribution in [-0.4, -0.2) is 17.1 Å². The number of aryl methyl sites for hydroxylation is 1. The van der Waals surface area contributed by atoms with Crippen LogP contribution in [0.4, 0.5) is 0 Å². The van der Waals surface area contributed by atoms with Crippen LogP contribution in [0.2, 0.25) is 0 Å². The van der Waals surface area contributed by atoms with E-state index < -0.39 is 6.10 Å². The van der Waals surface area contributed by atoms with Crippen molar-refractivity contribution in [2.24, 2.45) is 0 Å². The Kier molecular flexibility index (Phi) is 4.49. The minimum atomic E-state index is -0.537. The van der Waals surface area contributed by atoms with Gasteiger partial charge in [0.15, 0.2) is 0 Å². The van der Waals surface area contributed by atoms with Gasteiger partial charge in [0.05, 0.1) is 12.1 Å². The van der Waals surface area contributed by atoms with Gasteiger partial charge in [-0.2, -0.15) is 0 Å². The fraction of sp³-hybridized carbons (Fsp3) is 0.350. The molecule has 3 heteroatoms. The van der Waals surface area contributed by atoms with Gasteiger partial charge in [-0.3, -0.25) is 4.79 Å². The highest BCUT2D eigenvalue weighted by molar-refractivity contribution is 5.77. The molecule has 0 saturated heterocycles. The fourth-order valence-electron chi connectivity index (χ4n) is 3.51. The Labute approximate surface area is 137 Å². The summed E-state index contributed by atoms with van der Waals surface area (Å²) in [6, 6.07) is 15.8. The van der Waals surface area contributed by atoms with Gasteiger partial charge in [-0.15, -0.1) is 0 Å². The van der Waals surface area contributed by atoms with Gasteiger partial charge in [-0.25, -0.2) is 0 Å². The monoisotopic (exact) mass is 309 g/mol. The molecule has 1 amide bonds. The van der Waals surface area contributed by atoms with Gasteiger partial charge in [0, 0.05) is 12.8 Å². The molecular formula is C20H23NO2. The quantitative estimate of drug-likeness (QED) is 0.910. The van der Waals surface area contributed by atoms with Crippen LogP contribution in [0.15, 0.2) is 48.5 Å². The van der Waals surface area contributed by atoms with E-state index in [0.717, 1.165) is 11.1 Å². The Balaban J connectivity index is 1.67. The van der Waals surface area contributed by atoms with E-state index in [-0.39, 0.29) is 17.9 Å². The molecule has 2 aromatic carbocycles. The summed E-state index contributed by atoms with van der Waals surface area (Å²) in [6.45, 7) is 4.14. The molecule has 0 fully saturated rings. The lowest BCUT2D eigenvalue weighted by Gasteiger charge is -2.20. The zero-order valence-corrected chi connectivity index (χ0v) is 13.6. The van der Waals surface area contributed by atoms with Crippen LogP contribution in [0.5, 0.6) is 0 Å². The average molecular weight is 309 g/mol. The van der Waals surface area contributed by atoms with Crippen molar-refractivity contribution < 1.29 is 9.90 Å². The number of hydrogen-bond acceptors (Lipinski definition) is 2. The van der Waals surface area contributed by atoms with Crippen molar-refractivity contribution in [2.75, 3.05) is 0 Å². The first-order valence-corrected chi connectivity index (χ1v) is 8.17. The van der Waals surface area contributed by atoms with E-state index in [2.05, 4.69) is 31.3 Å². The highest BCUT2D eigenvalue weighted by Crippen LogP contribution is 2.31. The SMILES string of the molecule is Cc1ccccc1C(C)CC(=O)N[C@H]1c2ccccc2C[C@H]1O. The first-order chi connectivity index (χ1) is 11.1. The summed E-state index contributed by atoms with van der Waals surface area (Å²) in [5.74, 6) is 0.145. The van der Waals surface area contributed by atoms with Crippen molar-refractivity contribution in [1.82, 2.24) is 5.32 Å². The second-order valence-electron chi connectivity index (χ2n) is 6.48. The lowest BCUT2D eigenvalue weighted by atomic mass is 9.93. The highest BCUT2D eigenvalue weighted by atomic mass is 16.3. The molecule has 3 rings (SSSR count). The van der Waals surface area contributed by atoms with Gasteiger partial charge in [-0.05, 0) is 35.1 Å². The summed E-state index contributed by atoms with van der Waals surface area (Å²) in [7, 11) is 0. The Morgan fingerprint density at radius 3 is 2.70 bits per heavy atom. The van der Waals surface area contributed by atoms with E-state index in [1.807, 2.05) is 36.4 Å². The van der Waals surface area contributed by atoms with Crippen LogP contribution in [0.3, 0.4) is 0 Å². The minimum absolute atomic E-state index is 0.0125. The summed E-state index contributed by atoms with van der Waals surface area (Å²) >= 11 is 0. The third-order valence-corrected chi connectivity index (χ3v) is 4.73. The number of hydrogen-bond donors (Lipinski definition) is 2. The van der Waals surface area contributed by atoms with Gasteiger partial charge in [0.1, 0.15) is 0 Å². The molecule has 0 aromatic heterocycles. The minimum Gasteiger partial charge on any atom is -0.390 e. The molecule has 1 aliphatic carbocycles. The third kappa shape index (κ3) is 3.30. The van der Waals surface area contributed by atoms with Crippen LogP contribution < -0.4 is 5.32 Å². The lowest BCUT2D eigenvalue weighted by molar-refractivity contribution is -0.122. The third-order valence-electron chi connectivity index (χ3n) is 4.73. The smallest absolute Gasteiger partial charge is 0.221 e. The van der Waals surface area contributed by atoms with Crippen molar-refractivity contribution in [2.45, 2.75) is 44.8 Å². The van der Waals surface area contributed by atoms with Gasteiger partial charge >= 0.3 is 0 Å². The zero-order chi connectivity index (χ0) is 16.4. The van der Waals surface area contributed by atoms with E-state index in [0.29, 0.717) is 12.8 Å². The van der Waals surface area contributed by atoms with Crippen molar-refractivity contribution in [3.8, 4) is 0 Å². The molecule has 23 heavy (non-hydrogen) atoms. The number of aliphatic hydroxyl groups is 1. The number of fused-ring (bicyclic) bond motifs is 1. The fourth-order valence-corrected chi connectivity index (χ4v) is 3.51. The first kappa shape index (κ1) is 15.8. The molecule has 0 radical (unpaired) electrons. The van der Waals surface area contributed by atoms with Crippen LogP contribution in [-0.2, 0) is 11.2 Å². The first-order valence-electron chi connectivity index (χ1n) is 8.17. The summed E-state index contributed by atoms with van der Waals surface area (Å²) in [6.07, 6.45) is 0.496. The van der Waals surface area contributed by atoms with Gasteiger partial charge in [-0.1, -0.05) is 55.5 Å². The molecular weight excluding hydrogens is 286 g/mol. The largest absolute Gasteiger partial charge is 0.390 e. The van der Waals surface area contributed by atoms with Crippen molar-refractivity contribution >= 4 is 5.91 Å². The van der Waals surface area contributed by atoms with Gasteiger partial charge < -0.3 is 10.4 Å². The predicted octanol–water partition coefficient (Wildman–Crippen LogP) is 3.26. The molecule has 0 saturated carbocycles. The predicted molar refractivity (Wildman–Crippen MR) is 91.2 cm³/mol. The maximum Gasteiger partial charge on any atom is 0.221 e. The average Bonchev–Trinajstić information content (AvgIpc) is 2.83. The Morgan fingerprint density at radius 2 is 1.91 bits per heavy atom. The summed E-state index contributed by atoms with van der Waals surface area (Å²) in [5.41, 5.74) is 4.57. The highest BCUT2D eigenvalue weighted by Gasteiger charge is 2.32. The Hall–Kier alpha value is -2.13. The molecule has 0 heterocycles. The van der Waals surface area contributed by atoms with E-state index in [9.17, 15) is 9.90 Å². The molecule has 0 bridgehead atoms. The van der Waals surface area contributed by atoms with Crippen molar-refractivity contribution in [3.63, 3.8) is 0 Å². The summed E-state index contributed by atoms with van der Waals surface area (Å²) < 4.78 is 0. The summed E-state index contributed by atoms with van der Waals surface area (Å²) in [5, 5.41) is 13.3. The molecule has 0 aliphatic heterocycles. The van der Waals surface area contributed by atoms with Crippen molar-refractivity contribution in [1.29, 1.82) is 0 Å². The van der Waals surface area contributed by atoms with Crippen LogP contribution in [0, 0.1) is 6.92 Å². The van der Waals surface area contributed by atoms with Gasteiger partial charge in [0.2, 0.25) is 5.91 Å². The molecule has 1 unspecified atom stereocenters. The van der Waals surface area contributed by atoms with Crippen molar-refractivity contribution in [3.05, 3.63) is 70.8 Å². The Morgan fingerprint density at radius 1 is 1.22 bits per heavy atom. The molecule has 3 nitrogen and oxygen atoms in total. The second-order valence-corrected chi connectivity index (χ2v) is 6.48. The number of carbonyl (C=O) groups is 1. The summed E-state index contributed by atoms with van der Waals surface area (Å²) in [4.78, 5) is 12.4. The van der Waals surface area contributed by atoms with E-state index in [1.54, 1.807) is 0 Å². The van der Waals surface area contributed by atoms with E-state index >= 15 is 0 Å². The molecule has 3 atom stereocenters. The molecule has 120 valence electrons. The molecule has 2 N–H and O–H groups in total. The number of amides is 1. The topological polar surface area (TPSA) is 49.3 Å². The number of rotatable bonds is 4. The normalized spacial score (nSPS) is 20.8. The number of carbonyl (C=O) groups excluding carboxylic acids is 1. The maximum atomic E-state index is 12.4. The molecule has 0 spiro atoms. The standard InChI is InChI=1S/C20H23NO2/c1-13-7-3-5-9-16(13)14(2)11-19(23)21-20-17-10-6-4-8-15(17)12-18(20)22/h3-10,14,18,20,22H,11-12H2,1-2H3,(H,21,23)/t14?,18-,20+/m1/s1. The van der Waals surface area contributed by atoms with Crippen LogP contribution >= 0.6 is 0 Å². The van der Waals surface area contributed by atoms with Crippen LogP contribution in [0.25, 0.3) is 0 Å². The van der Waals surface area contributed by atoms with Gasteiger partial charge in [0.25, 0.3) is 0 Å². The number of nitrogens with one attached hydrogen (secondary N) is 1. The zero-order valence-electron chi connectivity index (χ0n) is 13.6.